The van der Waals surface area contributed by atoms with E-state index in [1.54, 1.807) is 6.92 Å². The van der Waals surface area contributed by atoms with Gasteiger partial charge in [0.25, 0.3) is 0 Å². The zero-order valence-electron chi connectivity index (χ0n) is 14.5. The fraction of sp³-hybridized carbons (Fsp3) is 0.600. The highest BCUT2D eigenvalue weighted by atomic mass is 35.5. The van der Waals surface area contributed by atoms with Crippen LogP contribution in [0.3, 0.4) is 0 Å². The number of anilines is 1. The van der Waals surface area contributed by atoms with Gasteiger partial charge >= 0.3 is 29.2 Å². The van der Waals surface area contributed by atoms with Crippen molar-refractivity contribution in [3.8, 4) is 0 Å². The molecule has 1 fully saturated rings. The Bertz CT molecular complexity index is 965. The third-order valence-electron chi connectivity index (χ3n) is 3.46. The summed E-state index contributed by atoms with van der Waals surface area (Å²) in [6.45, 7) is 0.878. The Hall–Kier alpha value is -0.660. The summed E-state index contributed by atoms with van der Waals surface area (Å²) in [6.07, 6.45) is -0.483. The van der Waals surface area contributed by atoms with E-state index in [1.165, 1.54) is 6.20 Å². The fourth-order valence-corrected chi connectivity index (χ4v) is 5.58. The van der Waals surface area contributed by atoms with Crippen molar-refractivity contribution in [1.82, 2.24) is 9.55 Å². The summed E-state index contributed by atoms with van der Waals surface area (Å²) in [5.41, 5.74) is 5.32. The zero-order chi connectivity index (χ0) is 22.2. The van der Waals surface area contributed by atoms with Crippen molar-refractivity contribution in [2.75, 3.05) is 12.3 Å². The second kappa shape index (κ2) is 8.83. The Morgan fingerprint density at radius 2 is 1.90 bits per heavy atom. The highest BCUT2D eigenvalue weighted by molar-refractivity contribution is 7.66. The highest BCUT2D eigenvalue weighted by Gasteiger charge is 2.42. The van der Waals surface area contributed by atoms with Crippen molar-refractivity contribution >= 4 is 40.9 Å². The molecule has 0 aromatic carbocycles. The Balaban J connectivity index is 2.02. The number of alkyl halides is 1. The second-order valence-electron chi connectivity index (χ2n) is 5.77. The van der Waals surface area contributed by atoms with E-state index in [0.717, 1.165) is 4.57 Å². The maximum atomic E-state index is 12.0. The molecule has 5 atom stereocenters. The van der Waals surface area contributed by atoms with Gasteiger partial charge in [0.1, 0.15) is 18.1 Å². The standard InChI is InChI=1S/C10H17ClN3O12P3/c1-5-3-14(10(15)13-9(5)12)8-2-6(11)7(24-8)4-23-28(19,20)26-29(21,22)25-27(16,17)18/h3,6-8H,2,4H2,1H3,(H,19,20)(H,21,22)(H2,12,13,15)(H2,16,17,18)/t6-,7+,8+/m0/s1. The first-order chi connectivity index (χ1) is 13.1. The molecule has 0 saturated carbocycles. The Kier molecular flexibility index (Phi) is 7.50. The molecule has 166 valence electrons. The van der Waals surface area contributed by atoms with E-state index in [2.05, 4.69) is 18.1 Å². The summed E-state index contributed by atoms with van der Waals surface area (Å²) in [4.78, 5) is 51.1. The van der Waals surface area contributed by atoms with E-state index >= 15 is 0 Å². The molecule has 1 saturated heterocycles. The SMILES string of the molecule is Cc1cn([C@H]2C[C@H](Cl)[C@@H](COP(=O)(O)OP(=O)(O)OP(=O)(O)O)O2)c(=O)nc1N. The molecule has 2 heterocycles. The molecule has 2 unspecified atom stereocenters. The molecule has 0 bridgehead atoms. The van der Waals surface area contributed by atoms with Crippen LogP contribution in [0.5, 0.6) is 0 Å². The van der Waals surface area contributed by atoms with Gasteiger partial charge in [-0.05, 0) is 6.92 Å². The number of halogens is 1. The van der Waals surface area contributed by atoms with E-state index in [0.29, 0.717) is 5.56 Å². The van der Waals surface area contributed by atoms with E-state index in [-0.39, 0.29) is 12.2 Å². The first-order valence-electron chi connectivity index (χ1n) is 7.52. The summed E-state index contributed by atoms with van der Waals surface area (Å²) in [6, 6.07) is 0. The molecule has 1 aromatic heterocycles. The van der Waals surface area contributed by atoms with Crippen LogP contribution in [-0.2, 0) is 31.6 Å². The average molecular weight is 500 g/mol. The quantitative estimate of drug-likeness (QED) is 0.240. The van der Waals surface area contributed by atoms with Gasteiger partial charge in [-0.15, -0.1) is 11.6 Å². The van der Waals surface area contributed by atoms with E-state index in [1.807, 2.05) is 0 Å². The lowest BCUT2D eigenvalue weighted by molar-refractivity contribution is -0.0237. The summed E-state index contributed by atoms with van der Waals surface area (Å²) in [5.74, 6) is 0.0379. The number of aromatic nitrogens is 2. The van der Waals surface area contributed by atoms with Gasteiger partial charge in [0.15, 0.2) is 0 Å². The maximum Gasteiger partial charge on any atom is 0.490 e. The van der Waals surface area contributed by atoms with Gasteiger partial charge in [0.05, 0.1) is 12.0 Å². The van der Waals surface area contributed by atoms with Crippen molar-refractivity contribution in [2.24, 2.45) is 0 Å². The Morgan fingerprint density at radius 3 is 2.48 bits per heavy atom. The first kappa shape index (κ1) is 24.6. The molecule has 6 N–H and O–H groups in total. The summed E-state index contributed by atoms with van der Waals surface area (Å²) in [5, 5.41) is -0.808. The van der Waals surface area contributed by atoms with Gasteiger partial charge in [-0.3, -0.25) is 9.09 Å². The molecule has 1 aliphatic rings. The molecule has 29 heavy (non-hydrogen) atoms. The zero-order valence-corrected chi connectivity index (χ0v) is 17.9. The summed E-state index contributed by atoms with van der Waals surface area (Å²) in [7, 11) is -16.4. The topological polar surface area (TPSA) is 230 Å². The van der Waals surface area contributed by atoms with Crippen molar-refractivity contribution in [1.29, 1.82) is 0 Å². The minimum atomic E-state index is -5.63. The van der Waals surface area contributed by atoms with E-state index in [4.69, 9.17) is 36.8 Å². The van der Waals surface area contributed by atoms with Gasteiger partial charge < -0.3 is 30.0 Å². The monoisotopic (exact) mass is 499 g/mol. The lowest BCUT2D eigenvalue weighted by Gasteiger charge is -2.19. The Labute approximate surface area is 167 Å². The summed E-state index contributed by atoms with van der Waals surface area (Å²) < 4.78 is 51.9. The number of phosphoric acid groups is 3. The molecule has 15 nitrogen and oxygen atoms in total. The smallest absolute Gasteiger partial charge is 0.383 e. The second-order valence-corrected chi connectivity index (χ2v) is 10.7. The van der Waals surface area contributed by atoms with Crippen LogP contribution in [0.2, 0.25) is 0 Å². The number of nitrogen functional groups attached to an aromatic ring is 1. The number of phosphoric ester groups is 1. The average Bonchev–Trinajstić information content (AvgIpc) is 2.86. The molecule has 19 heteroatoms. The molecule has 0 amide bonds. The lowest BCUT2D eigenvalue weighted by Crippen LogP contribution is -2.28. The first-order valence-corrected chi connectivity index (χ1v) is 12.5. The number of hydrogen-bond donors (Lipinski definition) is 5. The number of hydrogen-bond acceptors (Lipinski definition) is 10. The molecule has 2 rings (SSSR count). The minimum Gasteiger partial charge on any atom is -0.383 e. The lowest BCUT2D eigenvalue weighted by atomic mass is 10.2. The molecule has 0 radical (unpaired) electrons. The predicted molar refractivity (Wildman–Crippen MR) is 95.6 cm³/mol. The third-order valence-corrected chi connectivity index (χ3v) is 7.73. The largest absolute Gasteiger partial charge is 0.490 e. The number of nitrogens with two attached hydrogens (primary N) is 1. The molecule has 1 aromatic rings. The number of nitrogens with zero attached hydrogens (tertiary/aromatic N) is 2. The van der Waals surface area contributed by atoms with E-state index < -0.39 is 53.5 Å². The van der Waals surface area contributed by atoms with Crippen LogP contribution in [0, 0.1) is 6.92 Å². The molecule has 1 aliphatic heterocycles. The highest BCUT2D eigenvalue weighted by Crippen LogP contribution is 2.66. The van der Waals surface area contributed by atoms with Crippen LogP contribution in [0.15, 0.2) is 11.0 Å². The summed E-state index contributed by atoms with van der Waals surface area (Å²) >= 11 is 6.09. The molecule has 0 spiro atoms. The molecular weight excluding hydrogens is 482 g/mol. The van der Waals surface area contributed by atoms with Crippen molar-refractivity contribution in [3.05, 3.63) is 22.2 Å². The molecular formula is C10H17ClN3O12P3. The maximum absolute atomic E-state index is 12.0. The van der Waals surface area contributed by atoms with Crippen molar-refractivity contribution in [3.63, 3.8) is 0 Å². The van der Waals surface area contributed by atoms with Gasteiger partial charge in [-0.1, -0.05) is 0 Å². The van der Waals surface area contributed by atoms with Crippen LogP contribution in [0.4, 0.5) is 5.82 Å². The number of rotatable bonds is 8. The van der Waals surface area contributed by atoms with E-state index in [9.17, 15) is 23.4 Å². The fourth-order valence-electron chi connectivity index (χ4n) is 2.27. The number of aryl methyl sites for hydroxylation is 1. The third kappa shape index (κ3) is 7.21. The van der Waals surface area contributed by atoms with Crippen LogP contribution in [-0.4, -0.2) is 47.2 Å². The van der Waals surface area contributed by atoms with Crippen LogP contribution < -0.4 is 11.4 Å². The van der Waals surface area contributed by atoms with Crippen LogP contribution in [0.1, 0.15) is 18.2 Å². The van der Waals surface area contributed by atoms with Crippen molar-refractivity contribution in [2.45, 2.75) is 31.1 Å². The minimum absolute atomic E-state index is 0.0379. The van der Waals surface area contributed by atoms with Gasteiger partial charge in [0, 0.05) is 18.2 Å². The van der Waals surface area contributed by atoms with Crippen LogP contribution >= 0.6 is 35.1 Å². The van der Waals surface area contributed by atoms with Crippen molar-refractivity contribution < 1.29 is 51.2 Å². The van der Waals surface area contributed by atoms with Gasteiger partial charge in [-0.2, -0.15) is 13.6 Å². The predicted octanol–water partition coefficient (Wildman–Crippen LogP) is 0.372. The van der Waals surface area contributed by atoms with Gasteiger partial charge in [0.2, 0.25) is 0 Å². The normalized spacial score (nSPS) is 26.8. The molecule has 0 aliphatic carbocycles. The number of ether oxygens (including phenoxy) is 1. The van der Waals surface area contributed by atoms with Gasteiger partial charge in [-0.25, -0.2) is 18.5 Å². The Morgan fingerprint density at radius 1 is 1.28 bits per heavy atom. The van der Waals surface area contributed by atoms with Crippen LogP contribution in [0.25, 0.3) is 0 Å².